The Morgan fingerprint density at radius 3 is 2.29 bits per heavy atom. The Bertz CT molecular complexity index is 678. The van der Waals surface area contributed by atoms with Crippen molar-refractivity contribution in [2.75, 3.05) is 13.1 Å². The van der Waals surface area contributed by atoms with Gasteiger partial charge in [0.25, 0.3) is 5.91 Å². The number of rotatable bonds is 8. The van der Waals surface area contributed by atoms with Gasteiger partial charge in [-0.05, 0) is 25.2 Å². The van der Waals surface area contributed by atoms with Crippen LogP contribution >= 0.6 is 0 Å². The molecule has 1 aliphatic carbocycles. The molecule has 1 aliphatic heterocycles. The molecule has 0 aromatic rings. The van der Waals surface area contributed by atoms with Crippen LogP contribution in [-0.4, -0.2) is 65.7 Å². The maximum atomic E-state index is 12.5. The van der Waals surface area contributed by atoms with Crippen molar-refractivity contribution in [1.29, 1.82) is 0 Å². The van der Waals surface area contributed by atoms with Crippen LogP contribution in [0.2, 0.25) is 0 Å². The molecule has 28 heavy (non-hydrogen) atoms. The summed E-state index contributed by atoms with van der Waals surface area (Å²) in [5, 5.41) is 3.90. The molecule has 0 aromatic heterocycles. The highest BCUT2D eigenvalue weighted by molar-refractivity contribution is 6.37. The molecule has 2 atom stereocenters. The Balaban J connectivity index is 1.96. The topological polar surface area (TPSA) is 139 Å². The molecule has 4 N–H and O–H groups in total. The molecule has 156 valence electrons. The molecule has 12 heteroatoms. The van der Waals surface area contributed by atoms with E-state index in [4.69, 9.17) is 5.73 Å². The van der Waals surface area contributed by atoms with Crippen LogP contribution in [0.15, 0.2) is 0 Å². The molecule has 2 unspecified atom stereocenters. The molecule has 4 amide bonds. The van der Waals surface area contributed by atoms with Crippen molar-refractivity contribution < 1.29 is 37.1 Å². The minimum Gasteiger partial charge on any atom is -0.363 e. The summed E-state index contributed by atoms with van der Waals surface area (Å²) in [6.45, 7) is -0.788. The highest BCUT2D eigenvalue weighted by Gasteiger charge is 2.41. The normalized spacial score (nSPS) is 20.4. The summed E-state index contributed by atoms with van der Waals surface area (Å²) in [4.78, 5) is 59.6. The smallest absolute Gasteiger partial charge is 0.363 e. The van der Waals surface area contributed by atoms with Gasteiger partial charge in [-0.1, -0.05) is 12.8 Å². The van der Waals surface area contributed by atoms with Crippen LogP contribution in [0.1, 0.15) is 32.1 Å². The first kappa shape index (κ1) is 21.6. The Kier molecular flexibility index (Phi) is 6.62. The number of hydrogen-bond acceptors (Lipinski definition) is 5. The highest BCUT2D eigenvalue weighted by Crippen LogP contribution is 2.33. The third-order valence-corrected chi connectivity index (χ3v) is 4.68. The Labute approximate surface area is 158 Å². The van der Waals surface area contributed by atoms with Gasteiger partial charge in [0.05, 0.1) is 12.6 Å². The summed E-state index contributed by atoms with van der Waals surface area (Å²) in [6, 6.07) is -2.10. The summed E-state index contributed by atoms with van der Waals surface area (Å²) in [5.41, 5.74) is 5.00. The molecule has 1 saturated heterocycles. The number of nitrogens with two attached hydrogens (primary N) is 1. The van der Waals surface area contributed by atoms with E-state index in [1.807, 2.05) is 0 Å². The summed E-state index contributed by atoms with van der Waals surface area (Å²) in [5.74, 6) is -5.71. The van der Waals surface area contributed by atoms with Crippen LogP contribution in [0, 0.1) is 5.92 Å². The van der Waals surface area contributed by atoms with Gasteiger partial charge in [0, 0.05) is 6.54 Å². The zero-order valence-electron chi connectivity index (χ0n) is 14.9. The van der Waals surface area contributed by atoms with Gasteiger partial charge >= 0.3 is 12.1 Å². The molecule has 9 nitrogen and oxygen atoms in total. The van der Waals surface area contributed by atoms with Crippen molar-refractivity contribution in [3.63, 3.8) is 0 Å². The number of halogens is 3. The standard InChI is InChI=1S/C16H21F3N4O5/c17-16(18,19)15(28)21-7-11(24)23-5-1-2-10(23)14(27)22-9(6-8-3-4-8)12(25)13(20)26/h8-10H,1-7H2,(H2,20,26)(H,21,28)(H,22,27). The van der Waals surface area contributed by atoms with Crippen molar-refractivity contribution in [3.05, 3.63) is 0 Å². The SMILES string of the molecule is NC(=O)C(=O)C(CC1CC1)NC(=O)C1CCCN1C(=O)CNC(=O)C(F)(F)F. The number of likely N-dealkylation sites (tertiary alicyclic amines) is 1. The second kappa shape index (κ2) is 8.57. The van der Waals surface area contributed by atoms with Crippen LogP contribution in [0.3, 0.4) is 0 Å². The lowest BCUT2D eigenvalue weighted by Crippen LogP contribution is -2.54. The Morgan fingerprint density at radius 2 is 1.75 bits per heavy atom. The van der Waals surface area contributed by atoms with E-state index in [1.165, 1.54) is 5.32 Å². The number of amides is 4. The van der Waals surface area contributed by atoms with Gasteiger partial charge in [0.15, 0.2) is 0 Å². The van der Waals surface area contributed by atoms with Crippen LogP contribution in [0.4, 0.5) is 13.2 Å². The van der Waals surface area contributed by atoms with Crippen LogP contribution < -0.4 is 16.4 Å². The third kappa shape index (κ3) is 5.67. The summed E-state index contributed by atoms with van der Waals surface area (Å²) in [6.07, 6.45) is -2.46. The lowest BCUT2D eigenvalue weighted by molar-refractivity contribution is -0.174. The molecule has 0 bridgehead atoms. The van der Waals surface area contributed by atoms with Crippen molar-refractivity contribution >= 4 is 29.4 Å². The Morgan fingerprint density at radius 1 is 1.11 bits per heavy atom. The number of carbonyl (C=O) groups excluding carboxylic acids is 5. The molecule has 2 aliphatic rings. The quantitative estimate of drug-likeness (QED) is 0.444. The van der Waals surface area contributed by atoms with E-state index in [1.54, 1.807) is 0 Å². The van der Waals surface area contributed by atoms with E-state index in [0.717, 1.165) is 17.7 Å². The van der Waals surface area contributed by atoms with Gasteiger partial charge in [-0.15, -0.1) is 0 Å². The van der Waals surface area contributed by atoms with E-state index < -0.39 is 54.2 Å². The largest absolute Gasteiger partial charge is 0.471 e. The highest BCUT2D eigenvalue weighted by atomic mass is 19.4. The Hall–Kier alpha value is -2.66. The molecule has 0 radical (unpaired) electrons. The molecule has 1 heterocycles. The summed E-state index contributed by atoms with van der Waals surface area (Å²) >= 11 is 0. The van der Waals surface area contributed by atoms with E-state index in [-0.39, 0.29) is 25.3 Å². The predicted octanol–water partition coefficient (Wildman–Crippen LogP) is -1.00. The monoisotopic (exact) mass is 406 g/mol. The molecule has 0 spiro atoms. The van der Waals surface area contributed by atoms with Gasteiger partial charge < -0.3 is 21.3 Å². The number of alkyl halides is 3. The van der Waals surface area contributed by atoms with Crippen molar-refractivity contribution in [1.82, 2.24) is 15.5 Å². The number of hydrogen-bond donors (Lipinski definition) is 3. The number of primary amides is 1. The third-order valence-electron chi connectivity index (χ3n) is 4.68. The number of nitrogens with zero attached hydrogens (tertiary/aromatic N) is 1. The van der Waals surface area contributed by atoms with E-state index >= 15 is 0 Å². The number of carbonyl (C=O) groups is 5. The molecule has 1 saturated carbocycles. The average molecular weight is 406 g/mol. The average Bonchev–Trinajstić information content (AvgIpc) is 3.28. The maximum Gasteiger partial charge on any atom is 0.471 e. The van der Waals surface area contributed by atoms with Crippen molar-refractivity contribution in [2.45, 2.75) is 50.4 Å². The van der Waals surface area contributed by atoms with Crippen LogP contribution in [0.5, 0.6) is 0 Å². The number of Topliss-reactive ketones (excluding diaryl/α,β-unsaturated/α-hetero) is 1. The van der Waals surface area contributed by atoms with Crippen molar-refractivity contribution in [3.8, 4) is 0 Å². The van der Waals surface area contributed by atoms with Gasteiger partial charge in [0.1, 0.15) is 6.04 Å². The number of nitrogens with one attached hydrogen (secondary N) is 2. The fourth-order valence-electron chi connectivity index (χ4n) is 3.05. The molecular formula is C16H21F3N4O5. The van der Waals surface area contributed by atoms with E-state index in [9.17, 15) is 37.1 Å². The van der Waals surface area contributed by atoms with Gasteiger partial charge in [-0.25, -0.2) is 0 Å². The first-order valence-electron chi connectivity index (χ1n) is 8.79. The minimum atomic E-state index is -5.12. The lowest BCUT2D eigenvalue weighted by Gasteiger charge is -2.26. The fraction of sp³-hybridized carbons (Fsp3) is 0.688. The number of ketones is 1. The van der Waals surface area contributed by atoms with Crippen LogP contribution in [-0.2, 0) is 24.0 Å². The van der Waals surface area contributed by atoms with E-state index in [2.05, 4.69) is 5.32 Å². The zero-order chi connectivity index (χ0) is 21.1. The van der Waals surface area contributed by atoms with Gasteiger partial charge in [0.2, 0.25) is 17.6 Å². The molecule has 2 fully saturated rings. The van der Waals surface area contributed by atoms with Crippen molar-refractivity contribution in [2.24, 2.45) is 11.7 Å². The first-order valence-corrected chi connectivity index (χ1v) is 8.79. The minimum absolute atomic E-state index is 0.121. The second-order valence-corrected chi connectivity index (χ2v) is 6.89. The fourth-order valence-corrected chi connectivity index (χ4v) is 3.05. The second-order valence-electron chi connectivity index (χ2n) is 6.89. The van der Waals surface area contributed by atoms with E-state index in [0.29, 0.717) is 6.42 Å². The summed E-state index contributed by atoms with van der Waals surface area (Å²) in [7, 11) is 0. The predicted molar refractivity (Wildman–Crippen MR) is 87.3 cm³/mol. The molecule has 2 rings (SSSR count). The zero-order valence-corrected chi connectivity index (χ0v) is 14.9. The van der Waals surface area contributed by atoms with Gasteiger partial charge in [-0.3, -0.25) is 24.0 Å². The molecular weight excluding hydrogens is 385 g/mol. The van der Waals surface area contributed by atoms with Crippen LogP contribution in [0.25, 0.3) is 0 Å². The first-order chi connectivity index (χ1) is 13.0. The molecule has 0 aromatic carbocycles. The lowest BCUT2D eigenvalue weighted by atomic mass is 10.0. The maximum absolute atomic E-state index is 12.5. The summed E-state index contributed by atoms with van der Waals surface area (Å²) < 4.78 is 36.6. The van der Waals surface area contributed by atoms with Gasteiger partial charge in [-0.2, -0.15) is 13.2 Å².